The Morgan fingerprint density at radius 3 is 1.81 bits per heavy atom. The number of hydrogen-bond acceptors (Lipinski definition) is 2. The Labute approximate surface area is 184 Å². The Hall–Kier alpha value is 0.130. The first-order chi connectivity index (χ1) is 11.9. The van der Waals surface area contributed by atoms with Crippen molar-refractivity contribution in [3.05, 3.63) is 38.8 Å². The van der Waals surface area contributed by atoms with Crippen LogP contribution in [0, 0.1) is 18.8 Å². The summed E-state index contributed by atoms with van der Waals surface area (Å²) >= 11 is 44.7. The minimum atomic E-state index is -1.94. The van der Waals surface area contributed by atoms with Gasteiger partial charge in [-0.2, -0.15) is 0 Å². The fourth-order valence-electron chi connectivity index (χ4n) is 4.06. The van der Waals surface area contributed by atoms with Crippen molar-refractivity contribution in [3.8, 4) is 0 Å². The normalized spacial score (nSPS) is 37.8. The fourth-order valence-corrected chi connectivity index (χ4v) is 7.15. The lowest BCUT2D eigenvalue weighted by Crippen LogP contribution is -2.50. The molecule has 2 amide bonds. The highest BCUT2D eigenvalue weighted by Gasteiger charge is 2.87. The Balaban J connectivity index is 1.94. The molecule has 0 aromatic heterocycles. The van der Waals surface area contributed by atoms with Crippen LogP contribution in [-0.4, -0.2) is 25.9 Å². The van der Waals surface area contributed by atoms with Crippen LogP contribution in [0.5, 0.6) is 0 Å². The molecule has 1 saturated carbocycles. The number of rotatable bonds is 1. The van der Waals surface area contributed by atoms with Crippen molar-refractivity contribution < 1.29 is 9.59 Å². The van der Waals surface area contributed by atoms with E-state index in [4.69, 9.17) is 81.2 Å². The molecule has 26 heavy (non-hydrogen) atoms. The van der Waals surface area contributed by atoms with E-state index >= 15 is 0 Å². The number of carbonyl (C=O) groups is 2. The molecule has 10 heteroatoms. The molecular formula is C16H8Cl7NO2. The molecule has 0 N–H and O–H groups in total. The van der Waals surface area contributed by atoms with Crippen LogP contribution in [0.15, 0.2) is 28.3 Å². The van der Waals surface area contributed by atoms with Gasteiger partial charge in [-0.3, -0.25) is 9.59 Å². The van der Waals surface area contributed by atoms with Gasteiger partial charge in [0.2, 0.25) is 11.8 Å². The van der Waals surface area contributed by atoms with Crippen molar-refractivity contribution >= 4 is 98.7 Å². The molecular weight excluding hydrogens is 486 g/mol. The monoisotopic (exact) mass is 491 g/mol. The quantitative estimate of drug-likeness (QED) is 0.377. The molecule has 1 saturated heterocycles. The van der Waals surface area contributed by atoms with Gasteiger partial charge in [-0.25, -0.2) is 4.90 Å². The zero-order chi connectivity index (χ0) is 19.4. The molecule has 3 nitrogen and oxygen atoms in total. The number of carbonyl (C=O) groups excluding carboxylic acids is 2. The Kier molecular flexibility index (Phi) is 4.19. The van der Waals surface area contributed by atoms with Crippen molar-refractivity contribution in [2.45, 2.75) is 21.0 Å². The SMILES string of the molecule is Cc1ccc(Cl)cc1N1C(=O)[C@H]2[C@H](C1=O)[C@@]1(Cl)C(Cl)=C(Cl)[C@@]2(Cl)C1(Cl)Cl. The fraction of sp³-hybridized carbons (Fsp3) is 0.375. The third-order valence-corrected chi connectivity index (χ3v) is 9.81. The standard InChI is InChI=1S/C16H8Cl7NO2/c1-5-2-3-6(17)4-7(5)24-12(25)8-9(13(24)26)15(21)11(19)10(18)14(8,20)16(15,22)23/h2-4,8-9H,1H3/t8-,9-,14-,15-/m1/s1. The third kappa shape index (κ3) is 1.87. The molecule has 1 aliphatic heterocycles. The van der Waals surface area contributed by atoms with Gasteiger partial charge in [0.15, 0.2) is 4.33 Å². The first-order valence-corrected chi connectivity index (χ1v) is 10.0. The van der Waals surface area contributed by atoms with E-state index in [0.717, 1.165) is 4.90 Å². The summed E-state index contributed by atoms with van der Waals surface area (Å²) in [5.41, 5.74) is 1.01. The lowest BCUT2D eigenvalue weighted by atomic mass is 9.84. The van der Waals surface area contributed by atoms with Crippen LogP contribution in [0.1, 0.15) is 5.56 Å². The first-order valence-electron chi connectivity index (χ1n) is 7.38. The van der Waals surface area contributed by atoms with Gasteiger partial charge >= 0.3 is 0 Å². The minimum Gasteiger partial charge on any atom is -0.274 e. The van der Waals surface area contributed by atoms with Gasteiger partial charge in [-0.05, 0) is 24.6 Å². The molecule has 1 aromatic carbocycles. The van der Waals surface area contributed by atoms with Gasteiger partial charge in [0.05, 0.1) is 27.6 Å². The van der Waals surface area contributed by atoms with Crippen molar-refractivity contribution in [3.63, 3.8) is 0 Å². The van der Waals surface area contributed by atoms with E-state index in [1.54, 1.807) is 19.1 Å². The van der Waals surface area contributed by atoms with Crippen molar-refractivity contribution in [2.75, 3.05) is 4.90 Å². The van der Waals surface area contributed by atoms with Gasteiger partial charge in [-0.15, -0.1) is 23.2 Å². The second kappa shape index (κ2) is 5.60. The highest BCUT2D eigenvalue weighted by molar-refractivity contribution is 6.67. The molecule has 0 radical (unpaired) electrons. The van der Waals surface area contributed by atoms with E-state index in [-0.39, 0.29) is 10.1 Å². The van der Waals surface area contributed by atoms with Gasteiger partial charge in [0.25, 0.3) is 0 Å². The van der Waals surface area contributed by atoms with E-state index in [2.05, 4.69) is 0 Å². The molecule has 1 aromatic rings. The number of fused-ring (bicyclic) bond motifs is 5. The van der Waals surface area contributed by atoms with Crippen LogP contribution >= 0.6 is 81.2 Å². The maximum absolute atomic E-state index is 13.2. The Morgan fingerprint density at radius 2 is 1.35 bits per heavy atom. The van der Waals surface area contributed by atoms with E-state index in [1.165, 1.54) is 6.07 Å². The summed E-state index contributed by atoms with van der Waals surface area (Å²) in [6.07, 6.45) is 0. The third-order valence-electron chi connectivity index (χ3n) is 5.32. The van der Waals surface area contributed by atoms with E-state index < -0.39 is 37.7 Å². The van der Waals surface area contributed by atoms with Crippen molar-refractivity contribution in [2.24, 2.45) is 11.8 Å². The van der Waals surface area contributed by atoms with Crippen molar-refractivity contribution in [1.82, 2.24) is 0 Å². The lowest BCUT2D eigenvalue weighted by molar-refractivity contribution is -0.123. The number of aryl methyl sites for hydroxylation is 1. The van der Waals surface area contributed by atoms with Crippen molar-refractivity contribution in [1.29, 1.82) is 0 Å². The highest BCUT2D eigenvalue weighted by Crippen LogP contribution is 2.77. The summed E-state index contributed by atoms with van der Waals surface area (Å²) in [4.78, 5) is 23.8. The second-order valence-electron chi connectivity index (χ2n) is 6.52. The molecule has 0 unspecified atom stereocenters. The summed E-state index contributed by atoms with van der Waals surface area (Å²) in [6, 6.07) is 4.86. The maximum atomic E-state index is 13.2. The topological polar surface area (TPSA) is 37.4 Å². The number of anilines is 1. The van der Waals surface area contributed by atoms with Crippen LogP contribution in [0.25, 0.3) is 0 Å². The predicted octanol–water partition coefficient (Wildman–Crippen LogP) is 5.60. The summed E-state index contributed by atoms with van der Waals surface area (Å²) in [5, 5.41) is 0.131. The molecule has 1 heterocycles. The van der Waals surface area contributed by atoms with E-state index in [9.17, 15) is 9.59 Å². The van der Waals surface area contributed by atoms with Gasteiger partial charge < -0.3 is 0 Å². The molecule has 138 valence electrons. The average Bonchev–Trinajstić information content (AvgIpc) is 2.95. The van der Waals surface area contributed by atoms with Crippen LogP contribution in [-0.2, 0) is 9.59 Å². The summed E-state index contributed by atoms with van der Waals surface area (Å²) in [5.74, 6) is -3.51. The Bertz CT molecular complexity index is 883. The lowest BCUT2D eigenvalue weighted by Gasteiger charge is -2.34. The highest BCUT2D eigenvalue weighted by atomic mass is 35.5. The predicted molar refractivity (Wildman–Crippen MR) is 106 cm³/mol. The number of imide groups is 1. The summed E-state index contributed by atoms with van der Waals surface area (Å²) in [6.45, 7) is 1.74. The molecule has 4 rings (SSSR count). The molecule has 4 atom stereocenters. The number of halogens is 7. The zero-order valence-corrected chi connectivity index (χ0v) is 18.1. The largest absolute Gasteiger partial charge is 0.274 e. The molecule has 3 aliphatic rings. The molecule has 0 spiro atoms. The van der Waals surface area contributed by atoms with Gasteiger partial charge in [0, 0.05) is 5.02 Å². The molecule has 2 aliphatic carbocycles. The van der Waals surface area contributed by atoms with Crippen LogP contribution in [0.2, 0.25) is 5.02 Å². The number of hydrogen-bond donors (Lipinski definition) is 0. The average molecular weight is 494 g/mol. The second-order valence-corrected chi connectivity index (χ2v) is 10.2. The van der Waals surface area contributed by atoms with Crippen LogP contribution in [0.3, 0.4) is 0 Å². The first kappa shape index (κ1) is 19.4. The summed E-state index contributed by atoms with van der Waals surface area (Å²) in [7, 11) is 0. The number of nitrogens with zero attached hydrogens (tertiary/aromatic N) is 1. The number of allylic oxidation sites excluding steroid dienone is 2. The number of benzene rings is 1. The van der Waals surface area contributed by atoms with Crippen LogP contribution < -0.4 is 4.90 Å². The molecule has 2 bridgehead atoms. The van der Waals surface area contributed by atoms with E-state index in [0.29, 0.717) is 16.3 Å². The van der Waals surface area contributed by atoms with Gasteiger partial charge in [-0.1, -0.05) is 64.1 Å². The van der Waals surface area contributed by atoms with Crippen LogP contribution in [0.4, 0.5) is 5.69 Å². The zero-order valence-electron chi connectivity index (χ0n) is 12.8. The Morgan fingerprint density at radius 1 is 0.885 bits per heavy atom. The van der Waals surface area contributed by atoms with Gasteiger partial charge in [0.1, 0.15) is 9.75 Å². The number of amides is 2. The van der Waals surface area contributed by atoms with E-state index in [1.807, 2.05) is 0 Å². The molecule has 2 fully saturated rings. The smallest absolute Gasteiger partial charge is 0.240 e. The maximum Gasteiger partial charge on any atom is 0.240 e. The summed E-state index contributed by atoms with van der Waals surface area (Å²) < 4.78 is -1.94. The number of alkyl halides is 4. The minimum absolute atomic E-state index is 0.118.